The highest BCUT2D eigenvalue weighted by atomic mass is 16.5. The van der Waals surface area contributed by atoms with Crippen LogP contribution in [0.4, 0.5) is 10.5 Å². The Morgan fingerprint density at radius 1 is 1.27 bits per heavy atom. The number of amides is 3. The van der Waals surface area contributed by atoms with Crippen molar-refractivity contribution in [3.63, 3.8) is 0 Å². The van der Waals surface area contributed by atoms with Crippen molar-refractivity contribution in [1.29, 1.82) is 0 Å². The van der Waals surface area contributed by atoms with Crippen molar-refractivity contribution in [1.82, 2.24) is 10.6 Å². The molecular formula is C19H23N3O4. The zero-order chi connectivity index (χ0) is 18.4. The Morgan fingerprint density at radius 2 is 2.15 bits per heavy atom. The zero-order valence-electron chi connectivity index (χ0n) is 14.7. The number of carbonyl (C=O) groups excluding carboxylic acids is 2. The molecule has 7 nitrogen and oxygen atoms in total. The second kappa shape index (κ2) is 8.53. The van der Waals surface area contributed by atoms with Gasteiger partial charge >= 0.3 is 6.03 Å². The Morgan fingerprint density at radius 3 is 2.88 bits per heavy atom. The maximum Gasteiger partial charge on any atom is 0.315 e. The van der Waals surface area contributed by atoms with E-state index in [4.69, 9.17) is 9.15 Å². The molecule has 0 saturated carbocycles. The molecular weight excluding hydrogens is 334 g/mol. The van der Waals surface area contributed by atoms with Crippen LogP contribution in [0.3, 0.4) is 0 Å². The van der Waals surface area contributed by atoms with Crippen LogP contribution in [0.5, 0.6) is 0 Å². The van der Waals surface area contributed by atoms with Gasteiger partial charge in [0.15, 0.2) is 5.76 Å². The molecule has 26 heavy (non-hydrogen) atoms. The van der Waals surface area contributed by atoms with Gasteiger partial charge in [-0.05, 0) is 49.6 Å². The summed E-state index contributed by atoms with van der Waals surface area (Å²) in [4.78, 5) is 24.0. The summed E-state index contributed by atoms with van der Waals surface area (Å²) in [7, 11) is 0. The predicted molar refractivity (Wildman–Crippen MR) is 96.9 cm³/mol. The average molecular weight is 357 g/mol. The first-order valence-corrected chi connectivity index (χ1v) is 8.71. The standard InChI is InChI=1S/C19H23N3O4/c1-13(16-7-3-9-25-16)21-19(24)20-12-14-5-2-6-15(11-14)22-18(23)17-8-4-10-26-17/h2,4-6,8,10-11,13,16H,3,7,9,12H2,1H3,(H,22,23)(H2,20,21,24). The zero-order valence-corrected chi connectivity index (χ0v) is 14.7. The van der Waals surface area contributed by atoms with Crippen LogP contribution in [0.2, 0.25) is 0 Å². The summed E-state index contributed by atoms with van der Waals surface area (Å²) in [5.74, 6) is -0.0701. The van der Waals surface area contributed by atoms with Crippen molar-refractivity contribution < 1.29 is 18.7 Å². The number of furan rings is 1. The fourth-order valence-corrected chi connectivity index (χ4v) is 2.89. The van der Waals surface area contributed by atoms with Crippen molar-refractivity contribution in [3.05, 3.63) is 54.0 Å². The number of nitrogens with one attached hydrogen (secondary N) is 3. The molecule has 2 heterocycles. The first-order valence-electron chi connectivity index (χ1n) is 8.71. The molecule has 0 spiro atoms. The first kappa shape index (κ1) is 18.0. The van der Waals surface area contributed by atoms with Gasteiger partial charge in [0.05, 0.1) is 18.4 Å². The van der Waals surface area contributed by atoms with Gasteiger partial charge in [-0.15, -0.1) is 0 Å². The molecule has 1 aromatic heterocycles. The van der Waals surface area contributed by atoms with Crippen LogP contribution in [0, 0.1) is 0 Å². The number of rotatable bonds is 6. The molecule has 3 rings (SSSR count). The minimum atomic E-state index is -0.316. The van der Waals surface area contributed by atoms with Crippen LogP contribution in [0.25, 0.3) is 0 Å². The molecule has 1 fully saturated rings. The molecule has 1 aliphatic heterocycles. The largest absolute Gasteiger partial charge is 0.459 e. The van der Waals surface area contributed by atoms with E-state index >= 15 is 0 Å². The minimum absolute atomic E-state index is 0.0311. The summed E-state index contributed by atoms with van der Waals surface area (Å²) in [6.07, 6.45) is 3.54. The lowest BCUT2D eigenvalue weighted by Gasteiger charge is -2.20. The maximum absolute atomic E-state index is 12.0. The second-order valence-electron chi connectivity index (χ2n) is 6.30. The SMILES string of the molecule is CC(NC(=O)NCc1cccc(NC(=O)c2ccco2)c1)C1CCCO1. The molecule has 2 unspecified atom stereocenters. The molecule has 2 aromatic rings. The van der Waals surface area contributed by atoms with E-state index in [0.717, 1.165) is 25.0 Å². The smallest absolute Gasteiger partial charge is 0.315 e. The molecule has 138 valence electrons. The van der Waals surface area contributed by atoms with Crippen LogP contribution in [-0.4, -0.2) is 30.7 Å². The first-order chi connectivity index (χ1) is 12.6. The van der Waals surface area contributed by atoms with Gasteiger partial charge in [-0.1, -0.05) is 12.1 Å². The highest BCUT2D eigenvalue weighted by molar-refractivity contribution is 6.02. The third-order valence-corrected chi connectivity index (χ3v) is 4.26. The highest BCUT2D eigenvalue weighted by Crippen LogP contribution is 2.15. The van der Waals surface area contributed by atoms with Gasteiger partial charge in [0.2, 0.25) is 0 Å². The Bertz CT molecular complexity index is 739. The van der Waals surface area contributed by atoms with Gasteiger partial charge < -0.3 is 25.1 Å². The Balaban J connectivity index is 1.48. The van der Waals surface area contributed by atoms with Crippen LogP contribution in [0.1, 0.15) is 35.9 Å². The molecule has 0 aliphatic carbocycles. The lowest BCUT2D eigenvalue weighted by molar-refractivity contribution is 0.0860. The minimum Gasteiger partial charge on any atom is -0.459 e. The van der Waals surface area contributed by atoms with E-state index in [1.54, 1.807) is 18.2 Å². The molecule has 2 atom stereocenters. The fraction of sp³-hybridized carbons (Fsp3) is 0.368. The molecule has 7 heteroatoms. The topological polar surface area (TPSA) is 92.6 Å². The van der Waals surface area contributed by atoms with Gasteiger partial charge in [0.25, 0.3) is 5.91 Å². The number of hydrogen-bond donors (Lipinski definition) is 3. The lowest BCUT2D eigenvalue weighted by Crippen LogP contribution is -2.45. The predicted octanol–water partition coefficient (Wildman–Crippen LogP) is 2.90. The van der Waals surface area contributed by atoms with E-state index < -0.39 is 0 Å². The third kappa shape index (κ3) is 4.86. The Kier molecular flexibility index (Phi) is 5.91. The van der Waals surface area contributed by atoms with Gasteiger partial charge in [-0.2, -0.15) is 0 Å². The molecule has 3 amide bonds. The van der Waals surface area contributed by atoms with Gasteiger partial charge in [0, 0.05) is 18.8 Å². The van der Waals surface area contributed by atoms with Gasteiger partial charge in [-0.3, -0.25) is 4.79 Å². The highest BCUT2D eigenvalue weighted by Gasteiger charge is 2.23. The molecule has 1 saturated heterocycles. The third-order valence-electron chi connectivity index (χ3n) is 4.26. The normalized spacial score (nSPS) is 17.5. The maximum atomic E-state index is 12.0. The monoisotopic (exact) mass is 357 g/mol. The quantitative estimate of drug-likeness (QED) is 0.741. The number of anilines is 1. The van der Waals surface area contributed by atoms with Crippen molar-refractivity contribution in [2.45, 2.75) is 38.5 Å². The van der Waals surface area contributed by atoms with E-state index in [0.29, 0.717) is 12.2 Å². The van der Waals surface area contributed by atoms with Crippen LogP contribution < -0.4 is 16.0 Å². The molecule has 1 aromatic carbocycles. The summed E-state index contributed by atoms with van der Waals surface area (Å²) in [5, 5.41) is 8.49. The van der Waals surface area contributed by atoms with Crippen molar-refractivity contribution in [3.8, 4) is 0 Å². The van der Waals surface area contributed by atoms with E-state index in [2.05, 4.69) is 16.0 Å². The van der Waals surface area contributed by atoms with Crippen molar-refractivity contribution in [2.24, 2.45) is 0 Å². The summed E-state index contributed by atoms with van der Waals surface area (Å²) >= 11 is 0. The van der Waals surface area contributed by atoms with Gasteiger partial charge in [-0.25, -0.2) is 4.79 Å². The average Bonchev–Trinajstić information content (AvgIpc) is 3.33. The Hall–Kier alpha value is -2.80. The molecule has 0 bridgehead atoms. The summed E-state index contributed by atoms with van der Waals surface area (Å²) < 4.78 is 10.6. The van der Waals surface area contributed by atoms with Crippen molar-refractivity contribution in [2.75, 3.05) is 11.9 Å². The number of ether oxygens (including phenoxy) is 1. The van der Waals surface area contributed by atoms with E-state index in [-0.39, 0.29) is 29.8 Å². The van der Waals surface area contributed by atoms with Crippen LogP contribution in [0.15, 0.2) is 47.1 Å². The summed E-state index contributed by atoms with van der Waals surface area (Å²) in [5.41, 5.74) is 1.51. The van der Waals surface area contributed by atoms with E-state index in [9.17, 15) is 9.59 Å². The summed E-state index contributed by atoms with van der Waals surface area (Å²) in [6, 6.07) is 10.3. The van der Waals surface area contributed by atoms with Crippen LogP contribution in [-0.2, 0) is 11.3 Å². The Labute approximate surface area is 152 Å². The van der Waals surface area contributed by atoms with Crippen LogP contribution >= 0.6 is 0 Å². The molecule has 1 aliphatic rings. The molecule has 0 radical (unpaired) electrons. The second-order valence-corrected chi connectivity index (χ2v) is 6.30. The van der Waals surface area contributed by atoms with E-state index in [1.165, 1.54) is 6.26 Å². The lowest BCUT2D eigenvalue weighted by atomic mass is 10.1. The summed E-state index contributed by atoms with van der Waals surface area (Å²) in [6.45, 7) is 3.06. The van der Waals surface area contributed by atoms with E-state index in [1.807, 2.05) is 25.1 Å². The fourth-order valence-electron chi connectivity index (χ4n) is 2.89. The van der Waals surface area contributed by atoms with Gasteiger partial charge in [0.1, 0.15) is 0 Å². The number of hydrogen-bond acceptors (Lipinski definition) is 4. The van der Waals surface area contributed by atoms with Crippen molar-refractivity contribution >= 4 is 17.6 Å². The number of urea groups is 1. The molecule has 3 N–H and O–H groups in total. The number of benzene rings is 1. The number of carbonyl (C=O) groups is 2.